The van der Waals surface area contributed by atoms with E-state index in [9.17, 15) is 29.1 Å². The fourth-order valence-corrected chi connectivity index (χ4v) is 2.64. The number of hydrogen-bond donors (Lipinski definition) is 3. The van der Waals surface area contributed by atoms with Crippen LogP contribution in [0.2, 0.25) is 0 Å². The zero-order valence-corrected chi connectivity index (χ0v) is 16.6. The minimum atomic E-state index is -1.37. The van der Waals surface area contributed by atoms with Gasteiger partial charge in [-0.2, -0.15) is 0 Å². The summed E-state index contributed by atoms with van der Waals surface area (Å²) < 4.78 is 10.3. The van der Waals surface area contributed by atoms with Crippen LogP contribution in [0.3, 0.4) is 0 Å². The van der Waals surface area contributed by atoms with Gasteiger partial charge in [-0.3, -0.25) is 0 Å². The Kier molecular flexibility index (Phi) is 6.49. The Morgan fingerprint density at radius 2 is 0.758 bits per heavy atom. The van der Waals surface area contributed by atoms with Gasteiger partial charge in [-0.1, -0.05) is 0 Å². The van der Waals surface area contributed by atoms with E-state index in [2.05, 4.69) is 0 Å². The molecule has 10 heteroatoms. The molecule has 0 aromatic heterocycles. The number of aromatic carboxylic acids is 3. The molecular formula is C23H14O10. The lowest BCUT2D eigenvalue weighted by Gasteiger charge is -2.10. The van der Waals surface area contributed by atoms with Gasteiger partial charge in [0.25, 0.3) is 0 Å². The Balaban J connectivity index is 1.82. The maximum absolute atomic E-state index is 12.3. The van der Waals surface area contributed by atoms with E-state index in [-0.39, 0.29) is 39.3 Å². The van der Waals surface area contributed by atoms with Gasteiger partial charge in [-0.05, 0) is 60.7 Å². The molecule has 33 heavy (non-hydrogen) atoms. The minimum absolute atomic E-state index is 0.0118. The van der Waals surface area contributed by atoms with Gasteiger partial charge in [0.15, 0.2) is 0 Å². The van der Waals surface area contributed by atoms with Crippen molar-refractivity contribution in [3.63, 3.8) is 0 Å². The minimum Gasteiger partial charge on any atom is -0.478 e. The molecule has 0 saturated heterocycles. The lowest BCUT2D eigenvalue weighted by Crippen LogP contribution is -2.12. The number of carbonyl (C=O) groups excluding carboxylic acids is 2. The Labute approximate surface area is 185 Å². The topological polar surface area (TPSA) is 164 Å². The van der Waals surface area contributed by atoms with E-state index in [4.69, 9.17) is 19.7 Å². The smallest absolute Gasteiger partial charge is 0.343 e. The van der Waals surface area contributed by atoms with Gasteiger partial charge >= 0.3 is 29.8 Å². The van der Waals surface area contributed by atoms with Gasteiger partial charge in [0.2, 0.25) is 0 Å². The fourth-order valence-electron chi connectivity index (χ4n) is 2.64. The van der Waals surface area contributed by atoms with Crippen molar-refractivity contribution >= 4 is 29.8 Å². The highest BCUT2D eigenvalue weighted by Gasteiger charge is 2.17. The second-order valence-electron chi connectivity index (χ2n) is 6.54. The molecule has 0 amide bonds. The van der Waals surface area contributed by atoms with Crippen molar-refractivity contribution in [2.24, 2.45) is 0 Å². The quantitative estimate of drug-likeness (QED) is 0.359. The molecule has 0 atom stereocenters. The zero-order chi connectivity index (χ0) is 24.1. The molecule has 0 fully saturated rings. The van der Waals surface area contributed by atoms with E-state index in [1.165, 1.54) is 48.5 Å². The molecule has 0 heterocycles. The molecule has 0 unspecified atom stereocenters. The van der Waals surface area contributed by atoms with Gasteiger partial charge < -0.3 is 24.8 Å². The number of hydrogen-bond acceptors (Lipinski definition) is 7. The first-order chi connectivity index (χ1) is 15.6. The van der Waals surface area contributed by atoms with E-state index in [1.807, 2.05) is 0 Å². The van der Waals surface area contributed by atoms with E-state index in [0.717, 1.165) is 18.2 Å². The second kappa shape index (κ2) is 9.43. The van der Waals surface area contributed by atoms with E-state index in [1.54, 1.807) is 0 Å². The van der Waals surface area contributed by atoms with Crippen LogP contribution in [0.1, 0.15) is 51.8 Å². The third-order valence-electron chi connectivity index (χ3n) is 4.28. The molecule has 0 bridgehead atoms. The lowest BCUT2D eigenvalue weighted by molar-refractivity contribution is 0.0680. The molecule has 0 radical (unpaired) electrons. The third-order valence-corrected chi connectivity index (χ3v) is 4.28. The fraction of sp³-hybridized carbons (Fsp3) is 0. The first-order valence-corrected chi connectivity index (χ1v) is 9.13. The van der Waals surface area contributed by atoms with Crippen molar-refractivity contribution in [1.29, 1.82) is 0 Å². The number of carboxylic acids is 3. The second-order valence-corrected chi connectivity index (χ2v) is 6.54. The predicted octanol–water partition coefficient (Wildman–Crippen LogP) is 3.22. The number of carbonyl (C=O) groups is 5. The molecular weight excluding hydrogens is 436 g/mol. The van der Waals surface area contributed by atoms with Crippen molar-refractivity contribution in [3.8, 4) is 11.5 Å². The van der Waals surface area contributed by atoms with Crippen LogP contribution in [-0.4, -0.2) is 45.2 Å². The SMILES string of the molecule is O=C(O)c1ccc(C(=O)Oc2cc(OC(=O)c3ccc(C(=O)O)cc3)cc(C(=O)O)c2)cc1. The number of benzene rings is 3. The van der Waals surface area contributed by atoms with Crippen molar-refractivity contribution in [2.75, 3.05) is 0 Å². The highest BCUT2D eigenvalue weighted by Crippen LogP contribution is 2.25. The average molecular weight is 450 g/mol. The summed E-state index contributed by atoms with van der Waals surface area (Å²) in [5.74, 6) is -5.97. The number of rotatable bonds is 7. The standard InChI is InChI=1S/C23H14O10/c24-19(25)12-1-5-14(6-2-12)22(30)32-17-9-16(21(28)29)10-18(11-17)33-23(31)15-7-3-13(4-8-15)20(26)27/h1-11H,(H,24,25)(H,26,27)(H,28,29). The monoisotopic (exact) mass is 450 g/mol. The summed E-state index contributed by atoms with van der Waals surface area (Å²) in [5, 5.41) is 27.1. The van der Waals surface area contributed by atoms with Crippen LogP contribution >= 0.6 is 0 Å². The van der Waals surface area contributed by atoms with E-state index >= 15 is 0 Å². The Morgan fingerprint density at radius 3 is 1.06 bits per heavy atom. The highest BCUT2D eigenvalue weighted by atomic mass is 16.5. The summed E-state index contributed by atoms with van der Waals surface area (Å²) in [6, 6.07) is 13.0. The first kappa shape index (κ1) is 22.7. The summed E-state index contributed by atoms with van der Waals surface area (Å²) in [7, 11) is 0. The van der Waals surface area contributed by atoms with Gasteiger partial charge in [-0.25, -0.2) is 24.0 Å². The molecule has 0 saturated carbocycles. The van der Waals surface area contributed by atoms with Crippen LogP contribution in [-0.2, 0) is 0 Å². The third kappa shape index (κ3) is 5.58. The van der Waals surface area contributed by atoms with E-state index < -0.39 is 29.8 Å². The molecule has 0 aliphatic rings. The van der Waals surface area contributed by atoms with Crippen molar-refractivity contribution in [3.05, 3.63) is 94.5 Å². The number of carboxylic acid groups (broad SMARTS) is 3. The van der Waals surface area contributed by atoms with Gasteiger partial charge in [-0.15, -0.1) is 0 Å². The summed E-state index contributed by atoms with van der Waals surface area (Å²) in [6.07, 6.45) is 0. The summed E-state index contributed by atoms with van der Waals surface area (Å²) in [5.41, 5.74) is -0.379. The normalized spacial score (nSPS) is 10.2. The largest absolute Gasteiger partial charge is 0.478 e. The van der Waals surface area contributed by atoms with Crippen LogP contribution in [0.5, 0.6) is 11.5 Å². The molecule has 3 N–H and O–H groups in total. The lowest BCUT2D eigenvalue weighted by atomic mass is 10.1. The van der Waals surface area contributed by atoms with Crippen LogP contribution in [0.15, 0.2) is 66.7 Å². The summed E-state index contributed by atoms with van der Waals surface area (Å²) >= 11 is 0. The summed E-state index contributed by atoms with van der Waals surface area (Å²) in [4.78, 5) is 57.9. The highest BCUT2D eigenvalue weighted by molar-refractivity contribution is 5.95. The Morgan fingerprint density at radius 1 is 0.455 bits per heavy atom. The van der Waals surface area contributed by atoms with Crippen molar-refractivity contribution < 1.29 is 48.8 Å². The molecule has 0 aliphatic carbocycles. The molecule has 10 nitrogen and oxygen atoms in total. The van der Waals surface area contributed by atoms with E-state index in [0.29, 0.717) is 0 Å². The molecule has 3 rings (SSSR count). The zero-order valence-electron chi connectivity index (χ0n) is 16.6. The van der Waals surface area contributed by atoms with Crippen LogP contribution in [0.25, 0.3) is 0 Å². The summed E-state index contributed by atoms with van der Waals surface area (Å²) in [6.45, 7) is 0. The van der Waals surface area contributed by atoms with Gasteiger partial charge in [0, 0.05) is 6.07 Å². The van der Waals surface area contributed by atoms with Crippen molar-refractivity contribution in [2.45, 2.75) is 0 Å². The number of esters is 2. The van der Waals surface area contributed by atoms with Crippen LogP contribution < -0.4 is 9.47 Å². The molecule has 166 valence electrons. The molecule has 3 aromatic carbocycles. The van der Waals surface area contributed by atoms with Crippen molar-refractivity contribution in [1.82, 2.24) is 0 Å². The average Bonchev–Trinajstić information content (AvgIpc) is 2.78. The Bertz CT molecular complexity index is 1170. The number of ether oxygens (including phenoxy) is 2. The molecule has 0 spiro atoms. The maximum Gasteiger partial charge on any atom is 0.343 e. The predicted molar refractivity (Wildman–Crippen MR) is 110 cm³/mol. The molecule has 3 aromatic rings. The van der Waals surface area contributed by atoms with Crippen LogP contribution in [0.4, 0.5) is 0 Å². The van der Waals surface area contributed by atoms with Gasteiger partial charge in [0.1, 0.15) is 11.5 Å². The van der Waals surface area contributed by atoms with Gasteiger partial charge in [0.05, 0.1) is 27.8 Å². The van der Waals surface area contributed by atoms with Crippen LogP contribution in [0, 0.1) is 0 Å². The maximum atomic E-state index is 12.3. The molecule has 0 aliphatic heterocycles. The Hall–Kier alpha value is -4.99. The first-order valence-electron chi connectivity index (χ1n) is 9.13.